The Morgan fingerprint density at radius 2 is 1.95 bits per heavy atom. The Morgan fingerprint density at radius 3 is 2.65 bits per heavy atom. The monoisotopic (exact) mass is 272 g/mol. The Morgan fingerprint density at radius 1 is 1.20 bits per heavy atom. The number of rotatable bonds is 7. The van der Waals surface area contributed by atoms with Crippen molar-refractivity contribution >= 4 is 0 Å². The van der Waals surface area contributed by atoms with Crippen LogP contribution in [0, 0.1) is 0 Å². The Bertz CT molecular complexity index is 516. The summed E-state index contributed by atoms with van der Waals surface area (Å²) in [6.45, 7) is 6.32. The van der Waals surface area contributed by atoms with Gasteiger partial charge in [0, 0.05) is 31.0 Å². The molecule has 0 saturated heterocycles. The van der Waals surface area contributed by atoms with E-state index in [9.17, 15) is 5.11 Å². The number of benzene rings is 1. The third-order valence-corrected chi connectivity index (χ3v) is 3.70. The van der Waals surface area contributed by atoms with Gasteiger partial charge in [0.15, 0.2) is 0 Å². The predicted molar refractivity (Wildman–Crippen MR) is 82.8 cm³/mol. The molecule has 0 bridgehead atoms. The molecule has 0 spiro atoms. The number of nitrogens with zero attached hydrogens (tertiary/aromatic N) is 1. The van der Waals surface area contributed by atoms with Crippen LogP contribution in [0.5, 0.6) is 5.75 Å². The molecule has 3 nitrogen and oxygen atoms in total. The van der Waals surface area contributed by atoms with E-state index in [-0.39, 0.29) is 0 Å². The average molecular weight is 272 g/mol. The summed E-state index contributed by atoms with van der Waals surface area (Å²) >= 11 is 0. The van der Waals surface area contributed by atoms with Crippen molar-refractivity contribution in [2.24, 2.45) is 0 Å². The summed E-state index contributed by atoms with van der Waals surface area (Å²) in [6.07, 6.45) is 4.25. The lowest BCUT2D eigenvalue weighted by atomic mass is 10.1. The van der Waals surface area contributed by atoms with Crippen molar-refractivity contribution < 1.29 is 5.11 Å². The van der Waals surface area contributed by atoms with Gasteiger partial charge in [-0.25, -0.2) is 0 Å². The molecule has 0 aliphatic rings. The van der Waals surface area contributed by atoms with Crippen molar-refractivity contribution in [2.45, 2.75) is 45.8 Å². The molecule has 3 heteroatoms. The Balaban J connectivity index is 1.75. The van der Waals surface area contributed by atoms with Crippen LogP contribution in [0.3, 0.4) is 0 Å². The van der Waals surface area contributed by atoms with E-state index in [0.29, 0.717) is 11.8 Å². The fraction of sp³-hybridized carbons (Fsp3) is 0.412. The van der Waals surface area contributed by atoms with Crippen molar-refractivity contribution in [3.63, 3.8) is 0 Å². The van der Waals surface area contributed by atoms with Crippen LogP contribution < -0.4 is 5.32 Å². The standard InChI is InChI=1S/C17H24N2O/c1-3-19-12-4-5-16(19)13-18-14(2)6-7-15-8-10-17(20)11-9-15/h4-5,8-12,14,18,20H,3,6-7,13H2,1-2H3. The fourth-order valence-corrected chi connectivity index (χ4v) is 2.35. The van der Waals surface area contributed by atoms with E-state index in [1.54, 1.807) is 12.1 Å². The summed E-state index contributed by atoms with van der Waals surface area (Å²) in [7, 11) is 0. The molecule has 108 valence electrons. The van der Waals surface area contributed by atoms with Gasteiger partial charge in [-0.1, -0.05) is 12.1 Å². The van der Waals surface area contributed by atoms with Crippen molar-refractivity contribution in [2.75, 3.05) is 0 Å². The minimum absolute atomic E-state index is 0.334. The van der Waals surface area contributed by atoms with Crippen molar-refractivity contribution in [3.8, 4) is 5.75 Å². The molecule has 0 fully saturated rings. The molecule has 2 aromatic rings. The second kappa shape index (κ2) is 7.15. The Labute approximate surface area is 121 Å². The minimum atomic E-state index is 0.334. The van der Waals surface area contributed by atoms with Crippen molar-refractivity contribution in [1.82, 2.24) is 9.88 Å². The van der Waals surface area contributed by atoms with Gasteiger partial charge in [-0.2, -0.15) is 0 Å². The topological polar surface area (TPSA) is 37.2 Å². The third-order valence-electron chi connectivity index (χ3n) is 3.70. The Hall–Kier alpha value is -1.74. The molecule has 2 rings (SSSR count). The molecular formula is C17H24N2O. The van der Waals surface area contributed by atoms with E-state index in [0.717, 1.165) is 25.9 Å². The van der Waals surface area contributed by atoms with E-state index in [4.69, 9.17) is 0 Å². The summed E-state index contributed by atoms with van der Waals surface area (Å²) < 4.78 is 2.26. The molecule has 1 aromatic carbocycles. The predicted octanol–water partition coefficient (Wildman–Crippen LogP) is 3.32. The normalized spacial score (nSPS) is 12.5. The molecule has 20 heavy (non-hydrogen) atoms. The van der Waals surface area contributed by atoms with E-state index < -0.39 is 0 Å². The van der Waals surface area contributed by atoms with Gasteiger partial charge in [-0.3, -0.25) is 0 Å². The first kappa shape index (κ1) is 14.7. The molecule has 0 radical (unpaired) electrons. The van der Waals surface area contributed by atoms with Crippen LogP contribution in [0.25, 0.3) is 0 Å². The molecule has 0 saturated carbocycles. The van der Waals surface area contributed by atoms with Gasteiger partial charge in [0.05, 0.1) is 0 Å². The van der Waals surface area contributed by atoms with E-state index in [2.05, 4.69) is 42.1 Å². The maximum absolute atomic E-state index is 9.26. The third kappa shape index (κ3) is 4.14. The highest BCUT2D eigenvalue weighted by Crippen LogP contribution is 2.12. The number of phenolic OH excluding ortho intramolecular Hbond substituents is 1. The summed E-state index contributed by atoms with van der Waals surface area (Å²) in [5.74, 6) is 0.334. The molecule has 0 amide bonds. The highest BCUT2D eigenvalue weighted by atomic mass is 16.3. The number of hydrogen-bond donors (Lipinski definition) is 2. The molecule has 1 unspecified atom stereocenters. The molecular weight excluding hydrogens is 248 g/mol. The van der Waals surface area contributed by atoms with E-state index >= 15 is 0 Å². The maximum Gasteiger partial charge on any atom is 0.115 e. The number of aryl methyl sites for hydroxylation is 2. The van der Waals surface area contributed by atoms with Crippen LogP contribution in [0.2, 0.25) is 0 Å². The number of nitrogens with one attached hydrogen (secondary N) is 1. The second-order valence-corrected chi connectivity index (χ2v) is 5.27. The zero-order chi connectivity index (χ0) is 14.4. The molecule has 1 aromatic heterocycles. The van der Waals surface area contributed by atoms with Crippen molar-refractivity contribution in [1.29, 1.82) is 0 Å². The molecule has 2 N–H and O–H groups in total. The first-order valence-corrected chi connectivity index (χ1v) is 7.34. The molecule has 1 atom stereocenters. The van der Waals surface area contributed by atoms with Gasteiger partial charge >= 0.3 is 0 Å². The van der Waals surface area contributed by atoms with Gasteiger partial charge in [-0.15, -0.1) is 0 Å². The van der Waals surface area contributed by atoms with Crippen LogP contribution >= 0.6 is 0 Å². The lowest BCUT2D eigenvalue weighted by molar-refractivity contribution is 0.474. The van der Waals surface area contributed by atoms with Gasteiger partial charge in [0.1, 0.15) is 5.75 Å². The second-order valence-electron chi connectivity index (χ2n) is 5.27. The lowest BCUT2D eigenvalue weighted by Gasteiger charge is -2.15. The van der Waals surface area contributed by atoms with Crippen LogP contribution in [-0.2, 0) is 19.5 Å². The summed E-state index contributed by atoms with van der Waals surface area (Å²) in [5, 5.41) is 12.8. The fourth-order valence-electron chi connectivity index (χ4n) is 2.35. The summed E-state index contributed by atoms with van der Waals surface area (Å²) in [4.78, 5) is 0. The van der Waals surface area contributed by atoms with E-state index in [1.165, 1.54) is 11.3 Å². The minimum Gasteiger partial charge on any atom is -0.508 e. The molecule has 1 heterocycles. The van der Waals surface area contributed by atoms with Gasteiger partial charge < -0.3 is 15.0 Å². The molecule has 0 aliphatic heterocycles. The summed E-state index contributed by atoms with van der Waals surface area (Å²) in [6, 6.07) is 12.2. The van der Waals surface area contributed by atoms with Crippen LogP contribution in [0.4, 0.5) is 0 Å². The zero-order valence-electron chi connectivity index (χ0n) is 12.3. The maximum atomic E-state index is 9.26. The van der Waals surface area contributed by atoms with Gasteiger partial charge in [-0.05, 0) is 56.5 Å². The van der Waals surface area contributed by atoms with Gasteiger partial charge in [0.2, 0.25) is 0 Å². The van der Waals surface area contributed by atoms with Crippen molar-refractivity contribution in [3.05, 3.63) is 53.9 Å². The Kier molecular flexibility index (Phi) is 5.24. The molecule has 0 aliphatic carbocycles. The van der Waals surface area contributed by atoms with Crippen LogP contribution in [0.15, 0.2) is 42.6 Å². The zero-order valence-corrected chi connectivity index (χ0v) is 12.3. The largest absolute Gasteiger partial charge is 0.508 e. The highest BCUT2D eigenvalue weighted by Gasteiger charge is 2.04. The smallest absolute Gasteiger partial charge is 0.115 e. The highest BCUT2D eigenvalue weighted by molar-refractivity contribution is 5.25. The van der Waals surface area contributed by atoms with Crippen LogP contribution in [-0.4, -0.2) is 15.7 Å². The van der Waals surface area contributed by atoms with Crippen LogP contribution in [0.1, 0.15) is 31.5 Å². The summed E-state index contributed by atoms with van der Waals surface area (Å²) in [5.41, 5.74) is 2.61. The quantitative estimate of drug-likeness (QED) is 0.811. The van der Waals surface area contributed by atoms with E-state index in [1.807, 2.05) is 12.1 Å². The number of phenols is 1. The van der Waals surface area contributed by atoms with Gasteiger partial charge in [0.25, 0.3) is 0 Å². The lowest BCUT2D eigenvalue weighted by Crippen LogP contribution is -2.27. The number of hydrogen-bond acceptors (Lipinski definition) is 2. The number of aromatic hydroxyl groups is 1. The average Bonchev–Trinajstić information content (AvgIpc) is 2.92. The first-order chi connectivity index (χ1) is 9.69. The SMILES string of the molecule is CCn1cccc1CNC(C)CCc1ccc(O)cc1. The first-order valence-electron chi connectivity index (χ1n) is 7.34. The number of aromatic nitrogens is 1.